The lowest BCUT2D eigenvalue weighted by Gasteiger charge is -2.24. The van der Waals surface area contributed by atoms with Gasteiger partial charge in [-0.2, -0.15) is 0 Å². The topological polar surface area (TPSA) is 40.1 Å². The first kappa shape index (κ1) is 22.5. The van der Waals surface area contributed by atoms with Crippen molar-refractivity contribution < 1.29 is 4.74 Å². The van der Waals surface area contributed by atoms with Gasteiger partial charge in [0, 0.05) is 33.2 Å². The highest BCUT2D eigenvalue weighted by molar-refractivity contribution is 5.80. The quantitative estimate of drug-likeness (QED) is 0.492. The van der Waals surface area contributed by atoms with Gasteiger partial charge >= 0.3 is 0 Å². The number of nitrogens with one attached hydrogen (secondary N) is 1. The van der Waals surface area contributed by atoms with E-state index in [1.807, 2.05) is 7.05 Å². The number of guanidine groups is 1. The average Bonchev–Trinajstić information content (AvgIpc) is 3.17. The Morgan fingerprint density at radius 2 is 1.96 bits per heavy atom. The molecule has 0 aliphatic carbocycles. The number of nitrogens with zero attached hydrogens (tertiary/aromatic N) is 3. The van der Waals surface area contributed by atoms with Crippen LogP contribution >= 0.6 is 0 Å². The summed E-state index contributed by atoms with van der Waals surface area (Å²) in [4.78, 5) is 9.45. The average molecular weight is 389 g/mol. The van der Waals surface area contributed by atoms with Gasteiger partial charge in [-0.1, -0.05) is 39.8 Å². The molecular weight excluding hydrogens is 348 g/mol. The van der Waals surface area contributed by atoms with E-state index in [4.69, 9.17) is 4.74 Å². The van der Waals surface area contributed by atoms with Crippen LogP contribution in [0, 0.1) is 11.8 Å². The highest BCUT2D eigenvalue weighted by Crippen LogP contribution is 2.18. The minimum atomic E-state index is 0.549. The summed E-state index contributed by atoms with van der Waals surface area (Å²) in [7, 11) is 1.89. The molecule has 1 saturated heterocycles. The molecular formula is C23H40N4O. The van der Waals surface area contributed by atoms with Crippen LogP contribution in [0.3, 0.4) is 0 Å². The van der Waals surface area contributed by atoms with Crippen molar-refractivity contribution in [2.24, 2.45) is 16.8 Å². The number of rotatable bonds is 10. The molecule has 0 aromatic heterocycles. The lowest BCUT2D eigenvalue weighted by Crippen LogP contribution is -2.41. The molecule has 1 aliphatic heterocycles. The van der Waals surface area contributed by atoms with E-state index >= 15 is 0 Å². The van der Waals surface area contributed by atoms with E-state index in [0.29, 0.717) is 5.92 Å². The Hall–Kier alpha value is -1.75. The maximum Gasteiger partial charge on any atom is 0.193 e. The molecule has 1 fully saturated rings. The van der Waals surface area contributed by atoms with Gasteiger partial charge in [0.1, 0.15) is 5.75 Å². The zero-order chi connectivity index (χ0) is 20.4. The molecule has 0 saturated carbocycles. The predicted octanol–water partition coefficient (Wildman–Crippen LogP) is 3.50. The van der Waals surface area contributed by atoms with Crippen LogP contribution in [0.25, 0.3) is 0 Å². The molecule has 0 spiro atoms. The Bertz CT molecular complexity index is 581. The van der Waals surface area contributed by atoms with E-state index in [2.05, 4.69) is 72.1 Å². The van der Waals surface area contributed by atoms with Gasteiger partial charge < -0.3 is 19.9 Å². The molecule has 1 N–H and O–H groups in total. The molecule has 1 aromatic carbocycles. The molecule has 1 heterocycles. The van der Waals surface area contributed by atoms with E-state index < -0.39 is 0 Å². The number of ether oxygens (including phenoxy) is 1. The predicted molar refractivity (Wildman–Crippen MR) is 119 cm³/mol. The fraction of sp³-hybridized carbons (Fsp3) is 0.696. The Kier molecular flexibility index (Phi) is 9.62. The van der Waals surface area contributed by atoms with Crippen molar-refractivity contribution in [3.05, 3.63) is 29.8 Å². The summed E-state index contributed by atoms with van der Waals surface area (Å²) in [6.45, 7) is 16.2. The number of aliphatic imine (C=N–C) groups is 1. The Morgan fingerprint density at radius 1 is 1.25 bits per heavy atom. The van der Waals surface area contributed by atoms with Gasteiger partial charge in [-0.15, -0.1) is 0 Å². The third kappa shape index (κ3) is 7.34. The van der Waals surface area contributed by atoms with E-state index in [0.717, 1.165) is 63.4 Å². The molecule has 1 aliphatic rings. The van der Waals surface area contributed by atoms with E-state index in [9.17, 15) is 0 Å². The van der Waals surface area contributed by atoms with Gasteiger partial charge in [0.15, 0.2) is 5.96 Å². The van der Waals surface area contributed by atoms with Crippen molar-refractivity contribution in [1.82, 2.24) is 15.1 Å². The van der Waals surface area contributed by atoms with Gasteiger partial charge in [-0.25, -0.2) is 0 Å². The number of hydrogen-bond donors (Lipinski definition) is 1. The Morgan fingerprint density at radius 3 is 2.57 bits per heavy atom. The molecule has 158 valence electrons. The minimum absolute atomic E-state index is 0.549. The van der Waals surface area contributed by atoms with Crippen molar-refractivity contribution in [3.63, 3.8) is 0 Å². The first-order chi connectivity index (χ1) is 13.5. The fourth-order valence-corrected chi connectivity index (χ4v) is 3.69. The highest BCUT2D eigenvalue weighted by Gasteiger charge is 2.25. The van der Waals surface area contributed by atoms with Crippen LogP contribution in [0.4, 0.5) is 0 Å². The first-order valence-electron chi connectivity index (χ1n) is 10.9. The Labute approximate surface area is 172 Å². The van der Waals surface area contributed by atoms with Crippen LogP contribution in [0.1, 0.15) is 39.7 Å². The molecule has 2 rings (SSSR count). The summed E-state index contributed by atoms with van der Waals surface area (Å²) in [5, 5.41) is 3.55. The second kappa shape index (κ2) is 11.9. The largest absolute Gasteiger partial charge is 0.493 e. The zero-order valence-electron chi connectivity index (χ0n) is 18.6. The summed E-state index contributed by atoms with van der Waals surface area (Å²) < 4.78 is 5.76. The highest BCUT2D eigenvalue weighted by atomic mass is 16.5. The van der Waals surface area contributed by atoms with Gasteiger partial charge in [0.05, 0.1) is 6.61 Å². The third-order valence-corrected chi connectivity index (χ3v) is 5.41. The Balaban J connectivity index is 1.74. The smallest absolute Gasteiger partial charge is 0.193 e. The van der Waals surface area contributed by atoms with E-state index in [1.54, 1.807) is 0 Å². The van der Waals surface area contributed by atoms with Crippen molar-refractivity contribution in [3.8, 4) is 5.75 Å². The van der Waals surface area contributed by atoms with Crippen LogP contribution in [0.15, 0.2) is 29.3 Å². The monoisotopic (exact) mass is 388 g/mol. The third-order valence-electron chi connectivity index (χ3n) is 5.41. The number of hydrogen-bond acceptors (Lipinski definition) is 3. The maximum atomic E-state index is 5.76. The fourth-order valence-electron chi connectivity index (χ4n) is 3.69. The minimum Gasteiger partial charge on any atom is -0.493 e. The normalized spacial score (nSPS) is 17.6. The molecule has 0 bridgehead atoms. The molecule has 1 aromatic rings. The SMILES string of the molecule is CCN(CC)CC1CCN(C(=NC)NCCc2ccc(OCC(C)C)cc2)C1. The van der Waals surface area contributed by atoms with Crippen molar-refractivity contribution in [2.75, 3.05) is 52.9 Å². The molecule has 1 atom stereocenters. The van der Waals surface area contributed by atoms with Crippen molar-refractivity contribution in [2.45, 2.75) is 40.5 Å². The summed E-state index contributed by atoms with van der Waals surface area (Å²) in [5.41, 5.74) is 1.32. The summed E-state index contributed by atoms with van der Waals surface area (Å²) in [6.07, 6.45) is 2.25. The second-order valence-electron chi connectivity index (χ2n) is 8.16. The lowest BCUT2D eigenvalue weighted by molar-refractivity contribution is 0.255. The van der Waals surface area contributed by atoms with Crippen molar-refractivity contribution >= 4 is 5.96 Å². The standard InChI is InChI=1S/C23H40N4O/c1-6-26(7-2)16-21-13-15-27(17-21)23(24-5)25-14-12-20-8-10-22(11-9-20)28-18-19(3)4/h8-11,19,21H,6-7,12-18H2,1-5H3,(H,24,25). The van der Waals surface area contributed by atoms with Crippen LogP contribution in [-0.4, -0.2) is 68.7 Å². The van der Waals surface area contributed by atoms with E-state index in [1.165, 1.54) is 18.5 Å². The second-order valence-corrected chi connectivity index (χ2v) is 8.16. The van der Waals surface area contributed by atoms with Gasteiger partial charge in [0.2, 0.25) is 0 Å². The molecule has 0 amide bonds. The van der Waals surface area contributed by atoms with Gasteiger partial charge in [0.25, 0.3) is 0 Å². The molecule has 28 heavy (non-hydrogen) atoms. The summed E-state index contributed by atoms with van der Waals surface area (Å²) >= 11 is 0. The molecule has 1 unspecified atom stereocenters. The van der Waals surface area contributed by atoms with Gasteiger partial charge in [-0.3, -0.25) is 4.99 Å². The number of benzene rings is 1. The van der Waals surface area contributed by atoms with Crippen molar-refractivity contribution in [1.29, 1.82) is 0 Å². The first-order valence-corrected chi connectivity index (χ1v) is 10.9. The summed E-state index contributed by atoms with van der Waals surface area (Å²) in [5.74, 6) is 3.29. The maximum absolute atomic E-state index is 5.76. The van der Waals surface area contributed by atoms with Crippen LogP contribution < -0.4 is 10.1 Å². The summed E-state index contributed by atoms with van der Waals surface area (Å²) in [6, 6.07) is 8.47. The van der Waals surface area contributed by atoms with E-state index in [-0.39, 0.29) is 0 Å². The zero-order valence-corrected chi connectivity index (χ0v) is 18.6. The molecule has 0 radical (unpaired) electrons. The number of likely N-dealkylation sites (tertiary alicyclic amines) is 1. The van der Waals surface area contributed by atoms with Crippen LogP contribution in [-0.2, 0) is 6.42 Å². The lowest BCUT2D eigenvalue weighted by atomic mass is 10.1. The molecule has 5 heteroatoms. The van der Waals surface area contributed by atoms with Crippen LogP contribution in [0.2, 0.25) is 0 Å². The van der Waals surface area contributed by atoms with Gasteiger partial charge in [-0.05, 0) is 55.5 Å². The molecule has 5 nitrogen and oxygen atoms in total. The van der Waals surface area contributed by atoms with Crippen LogP contribution in [0.5, 0.6) is 5.75 Å².